The van der Waals surface area contributed by atoms with Crippen LogP contribution in [-0.2, 0) is 14.3 Å². The first-order valence-corrected chi connectivity index (χ1v) is 6.44. The summed E-state index contributed by atoms with van der Waals surface area (Å²) in [5.41, 5.74) is 1.61. The maximum Gasteiger partial charge on any atom is 0.218 e. The lowest BCUT2D eigenvalue weighted by Gasteiger charge is -2.15. The van der Waals surface area contributed by atoms with Gasteiger partial charge in [0.05, 0.1) is 6.42 Å². The number of aryl methyl sites for hydroxylation is 1. The molecule has 1 aromatic rings. The molecule has 0 atom stereocenters. The first-order valence-electron chi connectivity index (χ1n) is 6.44. The van der Waals surface area contributed by atoms with Crippen LogP contribution in [-0.4, -0.2) is 31.1 Å². The molecule has 19 heavy (non-hydrogen) atoms. The van der Waals surface area contributed by atoms with Gasteiger partial charge in [-0.05, 0) is 20.8 Å². The van der Waals surface area contributed by atoms with E-state index >= 15 is 0 Å². The van der Waals surface area contributed by atoms with Gasteiger partial charge in [-0.25, -0.2) is 0 Å². The Hall–Kier alpha value is -1.52. The molecular weight excluding hydrogens is 244 g/mol. The SMILES string of the molecule is CCOC(OCC)C(=O)CC(=O)c1ccc(C)cc1. The van der Waals surface area contributed by atoms with E-state index in [1.54, 1.807) is 26.0 Å². The van der Waals surface area contributed by atoms with Crippen molar-refractivity contribution in [1.82, 2.24) is 0 Å². The van der Waals surface area contributed by atoms with E-state index in [9.17, 15) is 9.59 Å². The third kappa shape index (κ3) is 4.93. The summed E-state index contributed by atoms with van der Waals surface area (Å²) < 4.78 is 10.4. The molecule has 0 heterocycles. The fourth-order valence-electron chi connectivity index (χ4n) is 1.62. The summed E-state index contributed by atoms with van der Waals surface area (Å²) >= 11 is 0. The number of ketones is 2. The summed E-state index contributed by atoms with van der Waals surface area (Å²) in [6.45, 7) is 6.24. The average Bonchev–Trinajstić information content (AvgIpc) is 2.39. The largest absolute Gasteiger partial charge is 0.346 e. The van der Waals surface area contributed by atoms with Crippen LogP contribution in [0.4, 0.5) is 0 Å². The number of hydrogen-bond donors (Lipinski definition) is 0. The fraction of sp³-hybridized carbons (Fsp3) is 0.467. The molecule has 104 valence electrons. The zero-order valence-corrected chi connectivity index (χ0v) is 11.6. The third-order valence-electron chi connectivity index (χ3n) is 2.61. The van der Waals surface area contributed by atoms with Gasteiger partial charge in [0.15, 0.2) is 11.6 Å². The molecule has 0 aliphatic rings. The van der Waals surface area contributed by atoms with Gasteiger partial charge in [0.2, 0.25) is 6.29 Å². The Morgan fingerprint density at radius 3 is 2.05 bits per heavy atom. The topological polar surface area (TPSA) is 52.6 Å². The summed E-state index contributed by atoms with van der Waals surface area (Å²) in [6.07, 6.45) is -1.14. The van der Waals surface area contributed by atoms with Gasteiger partial charge in [0.1, 0.15) is 0 Å². The lowest BCUT2D eigenvalue weighted by atomic mass is 10.0. The molecule has 0 aliphatic heterocycles. The van der Waals surface area contributed by atoms with Crippen molar-refractivity contribution in [2.75, 3.05) is 13.2 Å². The predicted molar refractivity (Wildman–Crippen MR) is 72.2 cm³/mol. The Bertz CT molecular complexity index is 416. The van der Waals surface area contributed by atoms with Crippen molar-refractivity contribution in [2.24, 2.45) is 0 Å². The van der Waals surface area contributed by atoms with Gasteiger partial charge in [0.25, 0.3) is 0 Å². The van der Waals surface area contributed by atoms with Crippen molar-refractivity contribution in [3.05, 3.63) is 35.4 Å². The summed E-state index contributed by atoms with van der Waals surface area (Å²) in [5, 5.41) is 0. The molecule has 0 radical (unpaired) electrons. The maximum atomic E-state index is 11.9. The highest BCUT2D eigenvalue weighted by Gasteiger charge is 2.22. The zero-order chi connectivity index (χ0) is 14.3. The second-order valence-electron chi connectivity index (χ2n) is 4.17. The highest BCUT2D eigenvalue weighted by atomic mass is 16.7. The number of Topliss-reactive ketones (excluding diaryl/α,β-unsaturated/α-hetero) is 2. The number of hydrogen-bond acceptors (Lipinski definition) is 4. The van der Waals surface area contributed by atoms with Crippen LogP contribution in [0.25, 0.3) is 0 Å². The molecule has 0 amide bonds. The molecule has 1 aromatic carbocycles. The Morgan fingerprint density at radius 1 is 1.05 bits per heavy atom. The first kappa shape index (κ1) is 15.5. The normalized spacial score (nSPS) is 10.7. The highest BCUT2D eigenvalue weighted by Crippen LogP contribution is 2.09. The van der Waals surface area contributed by atoms with Gasteiger partial charge in [-0.1, -0.05) is 29.8 Å². The maximum absolute atomic E-state index is 11.9. The number of rotatable bonds is 8. The van der Waals surface area contributed by atoms with Crippen LogP contribution in [0.2, 0.25) is 0 Å². The van der Waals surface area contributed by atoms with Crippen molar-refractivity contribution < 1.29 is 19.1 Å². The van der Waals surface area contributed by atoms with Gasteiger partial charge in [0, 0.05) is 18.8 Å². The summed E-state index contributed by atoms with van der Waals surface area (Å²) in [5.74, 6) is -0.552. The molecule has 1 rings (SSSR count). The second kappa shape index (κ2) is 7.81. The van der Waals surface area contributed by atoms with E-state index in [1.165, 1.54) is 0 Å². The molecule has 0 spiro atoms. The van der Waals surface area contributed by atoms with Crippen molar-refractivity contribution in [2.45, 2.75) is 33.5 Å². The minimum absolute atomic E-state index is 0.201. The van der Waals surface area contributed by atoms with Crippen molar-refractivity contribution >= 4 is 11.6 Å². The van der Waals surface area contributed by atoms with Gasteiger partial charge in [-0.2, -0.15) is 0 Å². The van der Waals surface area contributed by atoms with E-state index in [1.807, 2.05) is 19.1 Å². The van der Waals surface area contributed by atoms with E-state index < -0.39 is 6.29 Å². The van der Waals surface area contributed by atoms with Gasteiger partial charge >= 0.3 is 0 Å². The molecule has 0 unspecified atom stereocenters. The standard InChI is InChI=1S/C15H20O4/c1-4-18-15(19-5-2)14(17)10-13(16)12-8-6-11(3)7-9-12/h6-9,15H,4-5,10H2,1-3H3. The molecule has 4 nitrogen and oxygen atoms in total. The Morgan fingerprint density at radius 2 is 1.58 bits per heavy atom. The number of benzene rings is 1. The monoisotopic (exact) mass is 264 g/mol. The van der Waals surface area contributed by atoms with Gasteiger partial charge in [-0.15, -0.1) is 0 Å². The summed E-state index contributed by atoms with van der Waals surface area (Å²) in [4.78, 5) is 23.9. The minimum atomic E-state index is -0.940. The molecule has 0 aromatic heterocycles. The molecule has 0 saturated carbocycles. The van der Waals surface area contributed by atoms with Crippen LogP contribution in [0, 0.1) is 6.92 Å². The van der Waals surface area contributed by atoms with Crippen LogP contribution in [0.5, 0.6) is 0 Å². The molecule has 0 N–H and O–H groups in total. The molecule has 0 bridgehead atoms. The van der Waals surface area contributed by atoms with E-state index in [0.717, 1.165) is 5.56 Å². The lowest BCUT2D eigenvalue weighted by molar-refractivity contribution is -0.166. The number of ether oxygens (including phenoxy) is 2. The minimum Gasteiger partial charge on any atom is -0.346 e. The van der Waals surface area contributed by atoms with Gasteiger partial charge < -0.3 is 9.47 Å². The van der Waals surface area contributed by atoms with Crippen LogP contribution < -0.4 is 0 Å². The number of carbonyl (C=O) groups is 2. The predicted octanol–water partition coefficient (Wildman–Crippen LogP) is 2.54. The molecule has 0 fully saturated rings. The van der Waals surface area contributed by atoms with Crippen molar-refractivity contribution in [3.63, 3.8) is 0 Å². The Balaban J connectivity index is 2.64. The molecule has 0 saturated heterocycles. The van der Waals surface area contributed by atoms with Gasteiger partial charge in [-0.3, -0.25) is 9.59 Å². The average molecular weight is 264 g/mol. The number of carbonyl (C=O) groups excluding carboxylic acids is 2. The fourth-order valence-corrected chi connectivity index (χ4v) is 1.62. The molecular formula is C15H20O4. The highest BCUT2D eigenvalue weighted by molar-refractivity contribution is 6.08. The van der Waals surface area contributed by atoms with Crippen LogP contribution in [0.15, 0.2) is 24.3 Å². The van der Waals surface area contributed by atoms with Crippen LogP contribution in [0.1, 0.15) is 36.2 Å². The van der Waals surface area contributed by atoms with E-state index in [0.29, 0.717) is 18.8 Å². The molecule has 0 aliphatic carbocycles. The smallest absolute Gasteiger partial charge is 0.218 e. The second-order valence-corrected chi connectivity index (χ2v) is 4.17. The van der Waals surface area contributed by atoms with Crippen molar-refractivity contribution in [3.8, 4) is 0 Å². The lowest BCUT2D eigenvalue weighted by Crippen LogP contribution is -2.29. The third-order valence-corrected chi connectivity index (χ3v) is 2.61. The summed E-state index contributed by atoms with van der Waals surface area (Å²) in [7, 11) is 0. The van der Waals surface area contributed by atoms with Crippen LogP contribution in [0.3, 0.4) is 0 Å². The van der Waals surface area contributed by atoms with E-state index in [-0.39, 0.29) is 18.0 Å². The summed E-state index contributed by atoms with van der Waals surface area (Å²) in [6, 6.07) is 7.14. The first-order chi connectivity index (χ1) is 9.08. The Labute approximate surface area is 113 Å². The molecule has 4 heteroatoms. The van der Waals surface area contributed by atoms with E-state index in [4.69, 9.17) is 9.47 Å². The van der Waals surface area contributed by atoms with E-state index in [2.05, 4.69) is 0 Å². The quantitative estimate of drug-likeness (QED) is 0.411. The zero-order valence-electron chi connectivity index (χ0n) is 11.6. The van der Waals surface area contributed by atoms with Crippen LogP contribution >= 0.6 is 0 Å². The van der Waals surface area contributed by atoms with Crippen molar-refractivity contribution in [1.29, 1.82) is 0 Å². The Kier molecular flexibility index (Phi) is 6.39.